The summed E-state index contributed by atoms with van der Waals surface area (Å²) in [5, 5.41) is 0. The number of hydrogen-bond donors (Lipinski definition) is 2. The van der Waals surface area contributed by atoms with Crippen molar-refractivity contribution in [3.63, 3.8) is 0 Å². The molecule has 0 aliphatic carbocycles. The van der Waals surface area contributed by atoms with Gasteiger partial charge in [0, 0.05) is 18.4 Å². The lowest BCUT2D eigenvalue weighted by molar-refractivity contribution is -0.116. The van der Waals surface area contributed by atoms with Gasteiger partial charge in [-0.25, -0.2) is 0 Å². The van der Waals surface area contributed by atoms with Crippen LogP contribution in [0.3, 0.4) is 0 Å². The molecule has 1 aromatic rings. The maximum atomic E-state index is 11.1. The summed E-state index contributed by atoms with van der Waals surface area (Å²) in [6.45, 7) is 5.04. The van der Waals surface area contributed by atoms with Crippen molar-refractivity contribution >= 4 is 28.8 Å². The fourth-order valence-corrected chi connectivity index (χ4v) is 1.75. The molecule has 0 saturated carbocycles. The molecule has 0 spiro atoms. The van der Waals surface area contributed by atoms with Crippen molar-refractivity contribution in [2.75, 3.05) is 18.0 Å². The Morgan fingerprint density at radius 1 is 1.50 bits per heavy atom. The number of aromatic nitrogens is 1. The normalized spacial score (nSPS) is 10.4. The number of amides is 1. The van der Waals surface area contributed by atoms with E-state index in [0.29, 0.717) is 11.6 Å². The summed E-state index contributed by atoms with van der Waals surface area (Å²) in [5.74, 6) is 0.0372. The van der Waals surface area contributed by atoms with Crippen LogP contribution in [0.5, 0.6) is 0 Å². The molecule has 4 N–H and O–H groups in total. The zero-order valence-corrected chi connectivity index (χ0v) is 11.4. The first kappa shape index (κ1) is 14.4. The largest absolute Gasteiger partial charge is 0.388 e. The van der Waals surface area contributed by atoms with E-state index >= 15 is 0 Å². The molecule has 0 bridgehead atoms. The lowest BCUT2D eigenvalue weighted by Gasteiger charge is -2.25. The quantitative estimate of drug-likeness (QED) is 0.739. The van der Waals surface area contributed by atoms with Crippen LogP contribution in [0.25, 0.3) is 0 Å². The Morgan fingerprint density at radius 2 is 2.17 bits per heavy atom. The van der Waals surface area contributed by atoms with Gasteiger partial charge in [-0.05, 0) is 18.1 Å². The minimum atomic E-state index is -0.371. The Morgan fingerprint density at radius 3 is 2.67 bits per heavy atom. The Kier molecular flexibility index (Phi) is 5.03. The number of carbonyl (C=O) groups excluding carboxylic acids is 1. The van der Waals surface area contributed by atoms with Crippen molar-refractivity contribution in [3.05, 3.63) is 24.0 Å². The third kappa shape index (κ3) is 4.29. The molecule has 5 nitrogen and oxygen atoms in total. The second-order valence-electron chi connectivity index (χ2n) is 4.50. The van der Waals surface area contributed by atoms with Gasteiger partial charge in [-0.3, -0.25) is 9.78 Å². The van der Waals surface area contributed by atoms with Gasteiger partial charge in [-0.2, -0.15) is 0 Å². The molecule has 6 heteroatoms. The third-order valence-corrected chi connectivity index (χ3v) is 2.50. The summed E-state index contributed by atoms with van der Waals surface area (Å²) in [6, 6.07) is 3.58. The molecule has 1 amide bonds. The number of nitrogens with zero attached hydrogens (tertiary/aromatic N) is 2. The number of primary amides is 1. The monoisotopic (exact) mass is 266 g/mol. The predicted molar refractivity (Wildman–Crippen MR) is 76.4 cm³/mol. The molecule has 0 unspecified atom stereocenters. The zero-order chi connectivity index (χ0) is 13.7. The van der Waals surface area contributed by atoms with Gasteiger partial charge in [-0.15, -0.1) is 0 Å². The van der Waals surface area contributed by atoms with Gasteiger partial charge in [0.05, 0.1) is 12.2 Å². The fourth-order valence-electron chi connectivity index (χ4n) is 1.64. The minimum Gasteiger partial charge on any atom is -0.388 e. The van der Waals surface area contributed by atoms with Crippen LogP contribution in [0.1, 0.15) is 19.5 Å². The fraction of sp³-hybridized carbons (Fsp3) is 0.417. The van der Waals surface area contributed by atoms with E-state index in [1.54, 1.807) is 12.3 Å². The van der Waals surface area contributed by atoms with Crippen molar-refractivity contribution in [2.24, 2.45) is 17.4 Å². The Labute approximate surface area is 112 Å². The molecule has 0 radical (unpaired) electrons. The number of anilines is 1. The standard InChI is InChI=1S/C12H18N4OS/c1-8(2)6-16(7-11(13)17)9-3-4-15-10(5-9)12(14)18/h3-5,8H,6-7H2,1-2H3,(H2,13,17)(H2,14,18). The molecule has 1 heterocycles. The van der Waals surface area contributed by atoms with E-state index in [4.69, 9.17) is 23.7 Å². The Bertz CT molecular complexity index is 447. The van der Waals surface area contributed by atoms with Crippen molar-refractivity contribution in [1.82, 2.24) is 4.98 Å². The number of nitrogens with two attached hydrogens (primary N) is 2. The van der Waals surface area contributed by atoms with E-state index in [9.17, 15) is 4.79 Å². The van der Waals surface area contributed by atoms with Gasteiger partial charge in [0.1, 0.15) is 4.99 Å². The predicted octanol–water partition coefficient (Wildman–Crippen LogP) is 0.663. The van der Waals surface area contributed by atoms with Crippen molar-refractivity contribution in [2.45, 2.75) is 13.8 Å². The summed E-state index contributed by atoms with van der Waals surface area (Å²) >= 11 is 4.89. The first-order chi connectivity index (χ1) is 8.40. The van der Waals surface area contributed by atoms with Gasteiger partial charge in [0.2, 0.25) is 5.91 Å². The molecule has 98 valence electrons. The molecule has 0 aliphatic heterocycles. The van der Waals surface area contributed by atoms with Gasteiger partial charge < -0.3 is 16.4 Å². The second kappa shape index (κ2) is 6.30. The minimum absolute atomic E-state index is 0.166. The van der Waals surface area contributed by atoms with E-state index in [2.05, 4.69) is 18.8 Å². The summed E-state index contributed by atoms with van der Waals surface area (Å²) in [7, 11) is 0. The van der Waals surface area contributed by atoms with Crippen LogP contribution in [0.15, 0.2) is 18.3 Å². The van der Waals surface area contributed by atoms with Crippen molar-refractivity contribution in [3.8, 4) is 0 Å². The van der Waals surface area contributed by atoms with Crippen molar-refractivity contribution in [1.29, 1.82) is 0 Å². The van der Waals surface area contributed by atoms with Crippen LogP contribution >= 0.6 is 12.2 Å². The zero-order valence-electron chi connectivity index (χ0n) is 10.6. The first-order valence-electron chi connectivity index (χ1n) is 5.69. The lowest BCUT2D eigenvalue weighted by Crippen LogP contribution is -2.36. The van der Waals surface area contributed by atoms with Gasteiger partial charge in [0.15, 0.2) is 0 Å². The lowest BCUT2D eigenvalue weighted by atomic mass is 10.2. The number of thiocarbonyl (C=S) groups is 1. The van der Waals surface area contributed by atoms with Crippen LogP contribution in [0, 0.1) is 5.92 Å². The van der Waals surface area contributed by atoms with E-state index in [-0.39, 0.29) is 17.4 Å². The van der Waals surface area contributed by atoms with E-state index in [0.717, 1.165) is 12.2 Å². The Hall–Kier alpha value is -1.69. The van der Waals surface area contributed by atoms with E-state index in [1.165, 1.54) is 0 Å². The number of hydrogen-bond acceptors (Lipinski definition) is 4. The number of carbonyl (C=O) groups is 1. The number of rotatable bonds is 6. The first-order valence-corrected chi connectivity index (χ1v) is 6.10. The molecule has 1 aromatic heterocycles. The molecule has 0 aliphatic rings. The molecular formula is C12H18N4OS. The highest BCUT2D eigenvalue weighted by Crippen LogP contribution is 2.16. The molecule has 0 atom stereocenters. The van der Waals surface area contributed by atoms with Crippen LogP contribution < -0.4 is 16.4 Å². The van der Waals surface area contributed by atoms with Crippen LogP contribution in [-0.2, 0) is 4.79 Å². The summed E-state index contributed by atoms with van der Waals surface area (Å²) < 4.78 is 0. The molecule has 1 rings (SSSR count). The molecular weight excluding hydrogens is 248 g/mol. The van der Waals surface area contributed by atoms with Crippen LogP contribution in [-0.4, -0.2) is 29.0 Å². The van der Waals surface area contributed by atoms with Crippen LogP contribution in [0.2, 0.25) is 0 Å². The molecule has 18 heavy (non-hydrogen) atoms. The SMILES string of the molecule is CC(C)CN(CC(N)=O)c1ccnc(C(N)=S)c1. The number of pyridine rings is 1. The van der Waals surface area contributed by atoms with E-state index < -0.39 is 0 Å². The molecule has 0 aromatic carbocycles. The van der Waals surface area contributed by atoms with Gasteiger partial charge in [-0.1, -0.05) is 26.1 Å². The summed E-state index contributed by atoms with van der Waals surface area (Å²) in [6.07, 6.45) is 1.62. The maximum Gasteiger partial charge on any atom is 0.236 e. The Balaban J connectivity index is 3.00. The highest BCUT2D eigenvalue weighted by molar-refractivity contribution is 7.80. The average Bonchev–Trinajstić information content (AvgIpc) is 2.27. The maximum absolute atomic E-state index is 11.1. The smallest absolute Gasteiger partial charge is 0.236 e. The van der Waals surface area contributed by atoms with Gasteiger partial charge in [0.25, 0.3) is 0 Å². The van der Waals surface area contributed by atoms with E-state index in [1.807, 2.05) is 11.0 Å². The van der Waals surface area contributed by atoms with Crippen molar-refractivity contribution < 1.29 is 4.79 Å². The molecule has 0 fully saturated rings. The second-order valence-corrected chi connectivity index (χ2v) is 4.94. The highest BCUT2D eigenvalue weighted by atomic mass is 32.1. The summed E-state index contributed by atoms with van der Waals surface area (Å²) in [4.78, 5) is 17.3. The third-order valence-electron chi connectivity index (χ3n) is 2.29. The molecule has 0 saturated heterocycles. The van der Waals surface area contributed by atoms with Crippen LogP contribution in [0.4, 0.5) is 5.69 Å². The average molecular weight is 266 g/mol. The topological polar surface area (TPSA) is 85.2 Å². The summed E-state index contributed by atoms with van der Waals surface area (Å²) in [5.41, 5.74) is 12.2. The highest BCUT2D eigenvalue weighted by Gasteiger charge is 2.12. The van der Waals surface area contributed by atoms with Gasteiger partial charge >= 0.3 is 0 Å².